The zero-order valence-electron chi connectivity index (χ0n) is 24.3. The van der Waals surface area contributed by atoms with E-state index in [1.54, 1.807) is 48.3 Å². The van der Waals surface area contributed by atoms with Crippen LogP contribution >= 0.6 is 0 Å². The highest BCUT2D eigenvalue weighted by Gasteiger charge is 2.24. The molecule has 7 rings (SSSR count). The van der Waals surface area contributed by atoms with Gasteiger partial charge in [-0.15, -0.1) is 0 Å². The van der Waals surface area contributed by atoms with E-state index in [2.05, 4.69) is 30.4 Å². The molecule has 0 unspecified atom stereocenters. The first kappa shape index (κ1) is 28.8. The number of fused-ring (bicyclic) bond motifs is 1. The van der Waals surface area contributed by atoms with Crippen molar-refractivity contribution < 1.29 is 18.3 Å². The number of H-pyrrole nitrogens is 1. The monoisotopic (exact) mass is 631 g/mol. The van der Waals surface area contributed by atoms with Gasteiger partial charge in [0, 0.05) is 36.4 Å². The summed E-state index contributed by atoms with van der Waals surface area (Å²) in [5.41, 5.74) is 7.30. The maximum absolute atomic E-state index is 13.3. The predicted molar refractivity (Wildman–Crippen MR) is 169 cm³/mol. The number of nitrogens with one attached hydrogen (secondary N) is 2. The van der Waals surface area contributed by atoms with Gasteiger partial charge in [-0.25, -0.2) is 28.7 Å². The molecule has 0 fully saturated rings. The molecule has 0 aliphatic carbocycles. The fraction of sp³-hybridized carbons (Fsp3) is 0.0312. The van der Waals surface area contributed by atoms with Crippen molar-refractivity contribution in [2.24, 2.45) is 7.05 Å². The Kier molecular flexibility index (Phi) is 7.09. The van der Waals surface area contributed by atoms with Gasteiger partial charge in [-0.05, 0) is 54.1 Å². The number of hydrogen-bond acceptors (Lipinski definition) is 10. The Bertz CT molecular complexity index is 2410. The molecule has 0 radical (unpaired) electrons. The molecule has 0 aliphatic heterocycles. The van der Waals surface area contributed by atoms with E-state index in [-0.39, 0.29) is 23.0 Å². The van der Waals surface area contributed by atoms with Crippen LogP contribution in [0.5, 0.6) is 11.6 Å². The quantitative estimate of drug-likeness (QED) is 0.214. The third kappa shape index (κ3) is 5.48. The number of nitrogens with zero attached hydrogens (tertiary/aromatic N) is 6. The lowest BCUT2D eigenvalue weighted by molar-refractivity contribution is 0.102. The van der Waals surface area contributed by atoms with Crippen LogP contribution in [0.4, 0.5) is 15.8 Å². The van der Waals surface area contributed by atoms with Gasteiger partial charge in [0.15, 0.2) is 0 Å². The molecule has 15 heteroatoms. The van der Waals surface area contributed by atoms with Crippen molar-refractivity contribution in [1.29, 1.82) is 0 Å². The number of aryl methyl sites for hydroxylation is 1. The summed E-state index contributed by atoms with van der Waals surface area (Å²) in [6, 6.07) is 15.8. The van der Waals surface area contributed by atoms with E-state index in [1.165, 1.54) is 6.33 Å². The van der Waals surface area contributed by atoms with Crippen LogP contribution in [0.3, 0.4) is 0 Å². The van der Waals surface area contributed by atoms with E-state index in [4.69, 9.17) is 14.9 Å². The third-order valence-corrected chi connectivity index (χ3v) is 7.08. The molecule has 2 aromatic carbocycles. The first-order valence-electron chi connectivity index (χ1n) is 13.9. The summed E-state index contributed by atoms with van der Waals surface area (Å²) in [4.78, 5) is 53.2. The van der Waals surface area contributed by atoms with Crippen molar-refractivity contribution in [2.45, 2.75) is 0 Å². The molecule has 0 saturated heterocycles. The van der Waals surface area contributed by atoms with E-state index in [1.807, 2.05) is 24.4 Å². The lowest BCUT2D eigenvalue weighted by Crippen LogP contribution is -2.38. The van der Waals surface area contributed by atoms with Gasteiger partial charge < -0.3 is 25.2 Å². The molecule has 5 heterocycles. The Hall–Kier alpha value is -6.90. The lowest BCUT2D eigenvalue weighted by atomic mass is 10.0. The molecule has 7 aromatic rings. The van der Waals surface area contributed by atoms with E-state index in [0.29, 0.717) is 38.4 Å². The lowest BCUT2D eigenvalue weighted by Gasteiger charge is -2.10. The molecule has 232 valence electrons. The number of pyridine rings is 1. The molecule has 0 spiro atoms. The van der Waals surface area contributed by atoms with Gasteiger partial charge in [0.05, 0.1) is 18.0 Å². The molecule has 0 atom stereocenters. The summed E-state index contributed by atoms with van der Waals surface area (Å²) in [7, 11) is 1.80. The first-order valence-corrected chi connectivity index (χ1v) is 13.9. The fourth-order valence-corrected chi connectivity index (χ4v) is 4.96. The molecule has 5 aromatic heterocycles. The topological polar surface area (TPSA) is 189 Å². The number of carbonyl (C=O) groups is 1. The van der Waals surface area contributed by atoms with Crippen molar-refractivity contribution in [2.75, 3.05) is 11.1 Å². The Morgan fingerprint density at radius 2 is 1.85 bits per heavy atom. The summed E-state index contributed by atoms with van der Waals surface area (Å²) in [5.74, 6) is -0.479. The summed E-state index contributed by atoms with van der Waals surface area (Å²) >= 11 is 0. The Balaban J connectivity index is 1.18. The van der Waals surface area contributed by atoms with Crippen LogP contribution in [0, 0.1) is 5.82 Å². The Morgan fingerprint density at radius 1 is 1.02 bits per heavy atom. The number of ether oxygens (including phenoxy) is 1. The zero-order chi connectivity index (χ0) is 32.7. The van der Waals surface area contributed by atoms with Gasteiger partial charge in [0.1, 0.15) is 40.4 Å². The summed E-state index contributed by atoms with van der Waals surface area (Å²) in [6.07, 6.45) is 6.67. The Morgan fingerprint density at radius 3 is 2.57 bits per heavy atom. The first-order chi connectivity index (χ1) is 22.7. The number of amides is 1. The third-order valence-electron chi connectivity index (χ3n) is 7.08. The van der Waals surface area contributed by atoms with E-state index in [9.17, 15) is 18.8 Å². The standard InChI is InChI=1S/C32H22FN9O5/c1-41-15-18(12-39-41)27-25(17-3-2-4-20(34)11-17)26-29(37-16-38-30(26)47-27)46-22-8-6-21(7-9-22)40-28(43)23-14-36-32(45)42(31(23)44)24-10-5-19(33)13-35-24/h2-16H,34H2,1H3,(H,36,45)(H,40,43). The maximum Gasteiger partial charge on any atom is 0.334 e. The minimum Gasteiger partial charge on any atom is -0.438 e. The fourth-order valence-electron chi connectivity index (χ4n) is 4.96. The van der Waals surface area contributed by atoms with E-state index >= 15 is 0 Å². The Labute approximate surface area is 262 Å². The number of benzene rings is 2. The van der Waals surface area contributed by atoms with E-state index < -0.39 is 23.0 Å². The van der Waals surface area contributed by atoms with Gasteiger partial charge in [-0.2, -0.15) is 5.10 Å². The number of aromatic nitrogens is 7. The van der Waals surface area contributed by atoms with Crippen molar-refractivity contribution >= 4 is 28.4 Å². The smallest absolute Gasteiger partial charge is 0.334 e. The number of halogens is 1. The highest BCUT2D eigenvalue weighted by atomic mass is 19.1. The second-order valence-electron chi connectivity index (χ2n) is 10.3. The van der Waals surface area contributed by atoms with Crippen LogP contribution in [0.25, 0.3) is 39.4 Å². The average molecular weight is 632 g/mol. The molecular formula is C32H22FN9O5. The second-order valence-corrected chi connectivity index (χ2v) is 10.3. The van der Waals surface area contributed by atoms with Gasteiger partial charge in [-0.1, -0.05) is 12.1 Å². The summed E-state index contributed by atoms with van der Waals surface area (Å²) in [5, 5.41) is 7.40. The number of carbonyl (C=O) groups excluding carboxylic acids is 1. The van der Waals surface area contributed by atoms with Crippen molar-refractivity contribution in [3.63, 3.8) is 0 Å². The number of anilines is 2. The molecule has 14 nitrogen and oxygen atoms in total. The highest BCUT2D eigenvalue weighted by Crippen LogP contribution is 2.44. The SMILES string of the molecule is Cn1cc(-c2oc3ncnc(Oc4ccc(NC(=O)c5c[nH]c(=O)n(-c6ccc(F)cn6)c5=O)cc4)c3c2-c2cccc(N)c2)cn1. The molecular weight excluding hydrogens is 609 g/mol. The highest BCUT2D eigenvalue weighted by molar-refractivity contribution is 6.04. The number of hydrogen-bond donors (Lipinski definition) is 3. The molecule has 47 heavy (non-hydrogen) atoms. The number of nitrogens with two attached hydrogens (primary N) is 1. The number of nitrogen functional groups attached to an aromatic ring is 1. The molecule has 0 bridgehead atoms. The number of rotatable bonds is 7. The van der Waals surface area contributed by atoms with Crippen LogP contribution in [0.2, 0.25) is 0 Å². The van der Waals surface area contributed by atoms with Gasteiger partial charge in [-0.3, -0.25) is 14.3 Å². The minimum absolute atomic E-state index is 0.142. The summed E-state index contributed by atoms with van der Waals surface area (Å²) < 4.78 is 28.0. The van der Waals surface area contributed by atoms with Crippen molar-refractivity contribution in [3.05, 3.63) is 124 Å². The van der Waals surface area contributed by atoms with E-state index in [0.717, 1.165) is 35.7 Å². The van der Waals surface area contributed by atoms with Crippen LogP contribution < -0.4 is 27.0 Å². The van der Waals surface area contributed by atoms with Gasteiger partial charge in [0.25, 0.3) is 11.5 Å². The largest absolute Gasteiger partial charge is 0.438 e. The minimum atomic E-state index is -0.931. The summed E-state index contributed by atoms with van der Waals surface area (Å²) in [6.45, 7) is 0. The number of aromatic amines is 1. The zero-order valence-corrected chi connectivity index (χ0v) is 24.3. The molecule has 1 amide bonds. The molecule has 0 saturated carbocycles. The second kappa shape index (κ2) is 11.6. The average Bonchev–Trinajstić information content (AvgIpc) is 3.67. The van der Waals surface area contributed by atoms with Crippen LogP contribution in [0.15, 0.2) is 106 Å². The number of furan rings is 1. The molecule has 0 aliphatic rings. The predicted octanol–water partition coefficient (Wildman–Crippen LogP) is 4.29. The normalized spacial score (nSPS) is 11.1. The van der Waals surface area contributed by atoms with Crippen molar-refractivity contribution in [3.8, 4) is 39.9 Å². The van der Waals surface area contributed by atoms with Crippen LogP contribution in [-0.2, 0) is 7.05 Å². The van der Waals surface area contributed by atoms with Crippen molar-refractivity contribution in [1.82, 2.24) is 34.3 Å². The van der Waals surface area contributed by atoms with Crippen LogP contribution in [0.1, 0.15) is 10.4 Å². The molecule has 4 N–H and O–H groups in total. The van der Waals surface area contributed by atoms with Gasteiger partial charge in [0.2, 0.25) is 11.6 Å². The van der Waals surface area contributed by atoms with Gasteiger partial charge >= 0.3 is 5.69 Å². The van der Waals surface area contributed by atoms with Crippen LogP contribution in [-0.4, -0.2) is 40.2 Å². The maximum atomic E-state index is 13.3.